The van der Waals surface area contributed by atoms with E-state index in [1.165, 1.54) is 13.8 Å². The van der Waals surface area contributed by atoms with Crippen LogP contribution in [0.15, 0.2) is 12.7 Å². The Bertz CT molecular complexity index is 204. The minimum Gasteiger partial charge on any atom is -0.465 e. The van der Waals surface area contributed by atoms with Crippen molar-refractivity contribution in [3.05, 3.63) is 12.7 Å². The van der Waals surface area contributed by atoms with Gasteiger partial charge >= 0.3 is 5.97 Å². The summed E-state index contributed by atoms with van der Waals surface area (Å²) in [5, 5.41) is 0. The molecule has 0 aromatic rings. The van der Waals surface area contributed by atoms with E-state index in [-0.39, 0.29) is 12.4 Å². The number of rotatable bonds is 4. The fourth-order valence-electron chi connectivity index (χ4n) is 0.667. The Labute approximate surface area is 72.4 Å². The first-order valence-corrected chi connectivity index (χ1v) is 3.81. The lowest BCUT2D eigenvalue weighted by Crippen LogP contribution is -2.33. The van der Waals surface area contributed by atoms with Crippen molar-refractivity contribution in [2.24, 2.45) is 5.41 Å². The highest BCUT2D eigenvalue weighted by molar-refractivity contribution is 6.08. The molecule has 0 aliphatic rings. The van der Waals surface area contributed by atoms with Gasteiger partial charge in [-0.05, 0) is 26.8 Å². The van der Waals surface area contributed by atoms with Gasteiger partial charge in [-0.15, -0.1) is 0 Å². The van der Waals surface area contributed by atoms with Crippen LogP contribution in [0.25, 0.3) is 0 Å². The van der Waals surface area contributed by atoms with E-state index < -0.39 is 11.4 Å². The summed E-state index contributed by atoms with van der Waals surface area (Å²) in [4.78, 5) is 22.3. The second kappa shape index (κ2) is 4.04. The molecule has 12 heavy (non-hydrogen) atoms. The third-order valence-corrected chi connectivity index (χ3v) is 1.59. The molecule has 0 atom stereocenters. The first kappa shape index (κ1) is 10.9. The fourth-order valence-corrected chi connectivity index (χ4v) is 0.667. The van der Waals surface area contributed by atoms with Crippen molar-refractivity contribution in [2.75, 3.05) is 6.61 Å². The van der Waals surface area contributed by atoms with Crippen molar-refractivity contribution in [1.29, 1.82) is 0 Å². The number of hydrogen-bond donors (Lipinski definition) is 0. The van der Waals surface area contributed by atoms with E-state index >= 15 is 0 Å². The van der Waals surface area contributed by atoms with Gasteiger partial charge in [-0.25, -0.2) is 0 Å². The maximum Gasteiger partial charge on any atom is 0.319 e. The van der Waals surface area contributed by atoms with Crippen LogP contribution < -0.4 is 0 Å². The molecule has 3 nitrogen and oxygen atoms in total. The average molecular weight is 170 g/mol. The van der Waals surface area contributed by atoms with Gasteiger partial charge in [0.1, 0.15) is 5.41 Å². The van der Waals surface area contributed by atoms with Gasteiger partial charge in [0, 0.05) is 0 Å². The Balaban J connectivity index is 4.48. The van der Waals surface area contributed by atoms with Gasteiger partial charge in [0.05, 0.1) is 6.61 Å². The molecule has 0 heterocycles. The van der Waals surface area contributed by atoms with Crippen LogP contribution in [0.1, 0.15) is 20.8 Å². The van der Waals surface area contributed by atoms with Crippen molar-refractivity contribution < 1.29 is 14.3 Å². The molecule has 0 aromatic carbocycles. The molecule has 0 aliphatic carbocycles. The quantitative estimate of drug-likeness (QED) is 0.363. The maximum atomic E-state index is 11.2. The number of allylic oxidation sites excluding steroid dienone is 1. The van der Waals surface area contributed by atoms with Gasteiger partial charge in [0.15, 0.2) is 5.78 Å². The van der Waals surface area contributed by atoms with Crippen LogP contribution in [-0.4, -0.2) is 18.4 Å². The smallest absolute Gasteiger partial charge is 0.319 e. The molecule has 0 saturated heterocycles. The normalized spacial score (nSPS) is 10.6. The molecular formula is C9H14O3. The standard InChI is InChI=1S/C9H14O3/c1-5-7(10)9(3,4)8(11)12-6-2/h5H,1,6H2,2-4H3. The Morgan fingerprint density at radius 3 is 2.33 bits per heavy atom. The van der Waals surface area contributed by atoms with Crippen molar-refractivity contribution in [2.45, 2.75) is 20.8 Å². The number of hydrogen-bond acceptors (Lipinski definition) is 3. The second-order valence-electron chi connectivity index (χ2n) is 2.91. The van der Waals surface area contributed by atoms with E-state index in [4.69, 9.17) is 4.74 Å². The second-order valence-corrected chi connectivity index (χ2v) is 2.91. The highest BCUT2D eigenvalue weighted by Gasteiger charge is 2.35. The summed E-state index contributed by atoms with van der Waals surface area (Å²) in [6.07, 6.45) is 1.14. The summed E-state index contributed by atoms with van der Waals surface area (Å²) in [5.74, 6) is -0.823. The van der Waals surface area contributed by atoms with Crippen LogP contribution >= 0.6 is 0 Å². The van der Waals surface area contributed by atoms with E-state index in [1.807, 2.05) is 0 Å². The predicted octanol–water partition coefficient (Wildman–Crippen LogP) is 1.33. The lowest BCUT2D eigenvalue weighted by Gasteiger charge is -2.18. The number of ether oxygens (including phenoxy) is 1. The Morgan fingerprint density at radius 1 is 1.50 bits per heavy atom. The van der Waals surface area contributed by atoms with Crippen LogP contribution in [0.3, 0.4) is 0 Å². The lowest BCUT2D eigenvalue weighted by molar-refractivity contribution is -0.156. The molecule has 0 saturated carbocycles. The van der Waals surface area contributed by atoms with Crippen molar-refractivity contribution in [3.63, 3.8) is 0 Å². The molecule has 0 amide bonds. The Morgan fingerprint density at radius 2 is 2.00 bits per heavy atom. The minimum atomic E-state index is -1.10. The topological polar surface area (TPSA) is 43.4 Å². The first-order chi connectivity index (χ1) is 5.46. The lowest BCUT2D eigenvalue weighted by atomic mass is 9.88. The third kappa shape index (κ3) is 2.19. The minimum absolute atomic E-state index is 0.284. The van der Waals surface area contributed by atoms with Crippen LogP contribution in [0.4, 0.5) is 0 Å². The monoisotopic (exact) mass is 170 g/mol. The number of ketones is 1. The van der Waals surface area contributed by atoms with Crippen LogP contribution in [0.5, 0.6) is 0 Å². The summed E-state index contributed by atoms with van der Waals surface area (Å²) >= 11 is 0. The summed E-state index contributed by atoms with van der Waals surface area (Å²) in [7, 11) is 0. The average Bonchev–Trinajstić information content (AvgIpc) is 2.03. The fraction of sp³-hybridized carbons (Fsp3) is 0.556. The Kier molecular flexibility index (Phi) is 3.67. The van der Waals surface area contributed by atoms with E-state index in [2.05, 4.69) is 6.58 Å². The largest absolute Gasteiger partial charge is 0.465 e. The zero-order valence-corrected chi connectivity index (χ0v) is 7.72. The zero-order valence-electron chi connectivity index (χ0n) is 7.72. The summed E-state index contributed by atoms with van der Waals surface area (Å²) < 4.78 is 4.72. The van der Waals surface area contributed by atoms with Gasteiger partial charge in [-0.1, -0.05) is 6.58 Å². The molecule has 0 aliphatic heterocycles. The molecule has 0 N–H and O–H groups in total. The molecule has 0 radical (unpaired) electrons. The van der Waals surface area contributed by atoms with Crippen molar-refractivity contribution >= 4 is 11.8 Å². The van der Waals surface area contributed by atoms with Gasteiger partial charge in [-0.2, -0.15) is 0 Å². The van der Waals surface area contributed by atoms with Gasteiger partial charge in [0.25, 0.3) is 0 Å². The molecule has 0 aromatic heterocycles. The molecule has 0 spiro atoms. The van der Waals surface area contributed by atoms with E-state index in [9.17, 15) is 9.59 Å². The highest BCUT2D eigenvalue weighted by atomic mass is 16.5. The highest BCUT2D eigenvalue weighted by Crippen LogP contribution is 2.18. The molecule has 0 unspecified atom stereocenters. The zero-order chi connectivity index (χ0) is 9.78. The molecule has 68 valence electrons. The molecule has 0 bridgehead atoms. The van der Waals surface area contributed by atoms with Crippen molar-refractivity contribution in [1.82, 2.24) is 0 Å². The third-order valence-electron chi connectivity index (χ3n) is 1.59. The molecule has 0 rings (SSSR count). The van der Waals surface area contributed by atoms with E-state index in [0.29, 0.717) is 0 Å². The van der Waals surface area contributed by atoms with Crippen molar-refractivity contribution in [3.8, 4) is 0 Å². The van der Waals surface area contributed by atoms with Crippen LogP contribution in [-0.2, 0) is 14.3 Å². The van der Waals surface area contributed by atoms with Gasteiger partial charge in [0.2, 0.25) is 0 Å². The summed E-state index contributed by atoms with van der Waals surface area (Å²) in [5.41, 5.74) is -1.10. The summed E-state index contributed by atoms with van der Waals surface area (Å²) in [6, 6.07) is 0. The molecule has 3 heteroatoms. The van der Waals surface area contributed by atoms with E-state index in [0.717, 1.165) is 6.08 Å². The maximum absolute atomic E-state index is 11.2. The van der Waals surface area contributed by atoms with Crippen LogP contribution in [0.2, 0.25) is 0 Å². The summed E-state index contributed by atoms with van der Waals surface area (Å²) in [6.45, 7) is 8.34. The SMILES string of the molecule is C=CC(=O)C(C)(C)C(=O)OCC. The van der Waals surface area contributed by atoms with E-state index in [1.54, 1.807) is 6.92 Å². The molecular weight excluding hydrogens is 156 g/mol. The molecule has 0 fully saturated rings. The number of carbonyl (C=O) groups excluding carboxylic acids is 2. The predicted molar refractivity (Wildman–Crippen MR) is 45.6 cm³/mol. The number of carbonyl (C=O) groups is 2. The van der Waals surface area contributed by atoms with Gasteiger partial charge < -0.3 is 4.74 Å². The van der Waals surface area contributed by atoms with Gasteiger partial charge in [-0.3, -0.25) is 9.59 Å². The number of esters is 1. The Hall–Kier alpha value is -1.12. The first-order valence-electron chi connectivity index (χ1n) is 3.81. The van der Waals surface area contributed by atoms with Crippen LogP contribution in [0, 0.1) is 5.41 Å².